The van der Waals surface area contributed by atoms with Gasteiger partial charge in [-0.3, -0.25) is 0 Å². The molecule has 4 nitrogen and oxygen atoms in total. The Bertz CT molecular complexity index is 3390. The number of fused-ring (bicyclic) bond motifs is 6. The molecule has 280 valence electrons. The van der Waals surface area contributed by atoms with Crippen LogP contribution in [-0.2, 0) is 6.18 Å². The molecule has 0 unspecified atom stereocenters. The highest BCUT2D eigenvalue weighted by atomic mass is 19.4. The fourth-order valence-corrected chi connectivity index (χ4v) is 8.40. The van der Waals surface area contributed by atoms with Gasteiger partial charge in [-0.15, -0.1) is 0 Å². The van der Waals surface area contributed by atoms with E-state index in [1.165, 1.54) is 17.7 Å². The summed E-state index contributed by atoms with van der Waals surface area (Å²) in [4.78, 5) is 0. The summed E-state index contributed by atoms with van der Waals surface area (Å²) in [6, 6.07) is 58.6. The van der Waals surface area contributed by atoms with Gasteiger partial charge in [0.05, 0.1) is 50.1 Å². The smallest absolute Gasteiger partial charge is 0.308 e. The minimum absolute atomic E-state index is 0.455. The molecule has 8 aromatic carbocycles. The van der Waals surface area contributed by atoms with E-state index in [0.29, 0.717) is 22.4 Å². The summed E-state index contributed by atoms with van der Waals surface area (Å²) in [5.41, 5.74) is 11.8. The van der Waals surface area contributed by atoms with Crippen molar-refractivity contribution in [2.75, 3.05) is 0 Å². The molecule has 0 saturated heterocycles. The molecule has 10 rings (SSSR count). The molecule has 0 atom stereocenters. The first-order valence-electron chi connectivity index (χ1n) is 19.1. The molecule has 0 spiro atoms. The van der Waals surface area contributed by atoms with Crippen molar-refractivity contribution in [1.29, 1.82) is 10.5 Å². The summed E-state index contributed by atoms with van der Waals surface area (Å²) in [6.07, 6.45) is -4.43. The number of benzene rings is 8. The van der Waals surface area contributed by atoms with Crippen LogP contribution < -0.4 is 0 Å². The number of hydrogen-bond donors (Lipinski definition) is 0. The Morgan fingerprint density at radius 3 is 1.22 bits per heavy atom. The number of para-hydroxylation sites is 2. The van der Waals surface area contributed by atoms with E-state index in [1.54, 1.807) is 0 Å². The van der Waals surface area contributed by atoms with E-state index >= 15 is 0 Å². The maximum absolute atomic E-state index is 13.4. The minimum atomic E-state index is -4.43. The number of rotatable bonds is 5. The van der Waals surface area contributed by atoms with Crippen molar-refractivity contribution in [3.63, 3.8) is 0 Å². The molecule has 7 heteroatoms. The fourth-order valence-electron chi connectivity index (χ4n) is 8.40. The van der Waals surface area contributed by atoms with Crippen molar-refractivity contribution in [3.8, 4) is 56.9 Å². The van der Waals surface area contributed by atoms with Gasteiger partial charge in [0.25, 0.3) is 0 Å². The predicted molar refractivity (Wildman–Crippen MR) is 231 cm³/mol. The maximum atomic E-state index is 13.4. The van der Waals surface area contributed by atoms with Crippen LogP contribution in [0.25, 0.3) is 88.4 Å². The molecule has 10 aromatic rings. The molecular weight excluding hydrogens is 738 g/mol. The third kappa shape index (κ3) is 5.91. The van der Waals surface area contributed by atoms with Crippen LogP contribution in [0.1, 0.15) is 22.3 Å². The lowest BCUT2D eigenvalue weighted by Crippen LogP contribution is -2.04. The summed E-state index contributed by atoms with van der Waals surface area (Å²) in [5.74, 6) is 0. The summed E-state index contributed by atoms with van der Waals surface area (Å²) < 4.78 is 44.5. The Hall–Kier alpha value is -7.87. The number of nitriles is 2. The SMILES string of the molecule is Cc1ccc(-c2ccc3c4ccccc4n(-c4cc(-c5ccc(C#N)c(-n6c7ccccc7c7ccc(-c8ccc(C(F)(F)F)cc8)cc76)c5)ccc4C#N)c3c2)cc1. The van der Waals surface area contributed by atoms with Gasteiger partial charge in [-0.1, -0.05) is 115 Å². The summed E-state index contributed by atoms with van der Waals surface area (Å²) in [6.45, 7) is 2.07. The Labute approximate surface area is 337 Å². The van der Waals surface area contributed by atoms with Gasteiger partial charge in [0, 0.05) is 21.5 Å². The largest absolute Gasteiger partial charge is 0.416 e. The van der Waals surface area contributed by atoms with Crippen molar-refractivity contribution in [2.45, 2.75) is 13.1 Å². The highest BCUT2D eigenvalue weighted by Gasteiger charge is 2.30. The van der Waals surface area contributed by atoms with Gasteiger partial charge in [-0.25, -0.2) is 0 Å². The first kappa shape index (κ1) is 35.5. The third-order valence-corrected chi connectivity index (χ3v) is 11.3. The first-order chi connectivity index (χ1) is 28.7. The predicted octanol–water partition coefficient (Wildman–Crippen LogP) is 14.0. The van der Waals surface area contributed by atoms with Crippen LogP contribution in [0.15, 0.2) is 170 Å². The van der Waals surface area contributed by atoms with E-state index in [2.05, 4.69) is 82.8 Å². The quantitative estimate of drug-likeness (QED) is 0.175. The van der Waals surface area contributed by atoms with Gasteiger partial charge in [0.2, 0.25) is 0 Å². The lowest BCUT2D eigenvalue weighted by Gasteiger charge is -2.15. The molecule has 0 radical (unpaired) electrons. The zero-order valence-electron chi connectivity index (χ0n) is 31.6. The Kier molecular flexibility index (Phi) is 8.23. The molecule has 0 aliphatic heterocycles. The Morgan fingerprint density at radius 2 is 0.780 bits per heavy atom. The van der Waals surface area contributed by atoms with E-state index in [9.17, 15) is 23.7 Å². The van der Waals surface area contributed by atoms with Crippen molar-refractivity contribution in [3.05, 3.63) is 192 Å². The van der Waals surface area contributed by atoms with E-state index in [0.717, 1.165) is 89.2 Å². The monoisotopic (exact) mass is 768 g/mol. The number of nitrogens with zero attached hydrogens (tertiary/aromatic N) is 4. The van der Waals surface area contributed by atoms with Crippen molar-refractivity contribution >= 4 is 43.6 Å². The molecule has 0 N–H and O–H groups in total. The van der Waals surface area contributed by atoms with Crippen LogP contribution in [0.4, 0.5) is 13.2 Å². The van der Waals surface area contributed by atoms with Gasteiger partial charge in [0.15, 0.2) is 0 Å². The zero-order chi connectivity index (χ0) is 40.4. The molecule has 2 heterocycles. The van der Waals surface area contributed by atoms with Gasteiger partial charge >= 0.3 is 6.18 Å². The first-order valence-corrected chi connectivity index (χ1v) is 19.1. The zero-order valence-corrected chi connectivity index (χ0v) is 31.6. The second-order valence-electron chi connectivity index (χ2n) is 14.8. The number of aromatic nitrogens is 2. The van der Waals surface area contributed by atoms with Crippen molar-refractivity contribution in [1.82, 2.24) is 9.13 Å². The number of aryl methyl sites for hydroxylation is 1. The average Bonchev–Trinajstić information content (AvgIpc) is 3.78. The van der Waals surface area contributed by atoms with Crippen molar-refractivity contribution in [2.24, 2.45) is 0 Å². The van der Waals surface area contributed by atoms with E-state index in [-0.39, 0.29) is 0 Å². The van der Waals surface area contributed by atoms with Crippen LogP contribution in [0.5, 0.6) is 0 Å². The molecule has 0 amide bonds. The lowest BCUT2D eigenvalue weighted by atomic mass is 9.99. The normalized spacial score (nSPS) is 11.7. The number of alkyl halides is 3. The van der Waals surface area contributed by atoms with E-state index < -0.39 is 11.7 Å². The molecule has 59 heavy (non-hydrogen) atoms. The van der Waals surface area contributed by atoms with Crippen LogP contribution >= 0.6 is 0 Å². The van der Waals surface area contributed by atoms with Gasteiger partial charge < -0.3 is 9.13 Å². The molecule has 0 aliphatic rings. The second kappa shape index (κ2) is 13.7. The van der Waals surface area contributed by atoms with Gasteiger partial charge in [-0.2, -0.15) is 23.7 Å². The molecule has 2 aromatic heterocycles. The average molecular weight is 769 g/mol. The highest BCUT2D eigenvalue weighted by molar-refractivity contribution is 6.11. The molecule has 0 fully saturated rings. The Morgan fingerprint density at radius 1 is 0.407 bits per heavy atom. The number of halogens is 3. The van der Waals surface area contributed by atoms with Gasteiger partial charge in [0.1, 0.15) is 12.1 Å². The summed E-state index contributed by atoms with van der Waals surface area (Å²) in [5, 5.41) is 25.1. The molecule has 0 saturated carbocycles. The maximum Gasteiger partial charge on any atom is 0.416 e. The lowest BCUT2D eigenvalue weighted by molar-refractivity contribution is -0.137. The minimum Gasteiger partial charge on any atom is -0.308 e. The van der Waals surface area contributed by atoms with Crippen LogP contribution in [0.2, 0.25) is 0 Å². The Balaban J connectivity index is 1.16. The van der Waals surface area contributed by atoms with Crippen LogP contribution in [0.3, 0.4) is 0 Å². The molecule has 0 bridgehead atoms. The summed E-state index contributed by atoms with van der Waals surface area (Å²) >= 11 is 0. The fraction of sp³-hybridized carbons (Fsp3) is 0.0385. The standard InChI is InChI=1S/C52H31F3N4/c1-32-10-12-33(13-11-32)35-20-24-44-42-6-2-4-8-46(42)58(50(44)28-35)48-26-37(14-16-39(48)30-56)38-15-17-40(31-57)49(27-38)59-47-9-5-3-7-43(47)45-25-21-36(29-51(45)59)34-18-22-41(23-19-34)52(53,54)55/h2-29H,1H3. The topological polar surface area (TPSA) is 57.4 Å². The van der Waals surface area contributed by atoms with E-state index in [4.69, 9.17) is 0 Å². The van der Waals surface area contributed by atoms with Crippen LogP contribution in [0, 0.1) is 29.6 Å². The third-order valence-electron chi connectivity index (χ3n) is 11.3. The molecular formula is C52H31F3N4. The number of hydrogen-bond acceptors (Lipinski definition) is 2. The van der Waals surface area contributed by atoms with Crippen LogP contribution in [-0.4, -0.2) is 9.13 Å². The van der Waals surface area contributed by atoms with Crippen molar-refractivity contribution < 1.29 is 13.2 Å². The second-order valence-corrected chi connectivity index (χ2v) is 14.8. The van der Waals surface area contributed by atoms with Gasteiger partial charge in [-0.05, 0) is 101 Å². The van der Waals surface area contributed by atoms with E-state index in [1.807, 2.05) is 91.0 Å². The summed E-state index contributed by atoms with van der Waals surface area (Å²) in [7, 11) is 0. The molecule has 0 aliphatic carbocycles. The highest BCUT2D eigenvalue weighted by Crippen LogP contribution is 2.40.